The molecule has 0 spiro atoms. The highest BCUT2D eigenvalue weighted by Gasteiger charge is 2.34. The number of ether oxygens (including phenoxy) is 1. The van der Waals surface area contributed by atoms with E-state index in [1.807, 2.05) is 30.3 Å². The molecule has 2 heterocycles. The van der Waals surface area contributed by atoms with Gasteiger partial charge in [0.05, 0.1) is 18.8 Å². The minimum Gasteiger partial charge on any atom is -0.497 e. The predicted octanol–water partition coefficient (Wildman–Crippen LogP) is 3.88. The number of ketones is 1. The maximum atomic E-state index is 12.9. The molecule has 8 heteroatoms. The van der Waals surface area contributed by atoms with Gasteiger partial charge in [-0.2, -0.15) is 10.2 Å². The van der Waals surface area contributed by atoms with Crippen molar-refractivity contribution in [3.63, 3.8) is 0 Å². The second-order valence-corrected chi connectivity index (χ2v) is 6.96. The first-order valence-electron chi connectivity index (χ1n) is 8.23. The van der Waals surface area contributed by atoms with Crippen molar-refractivity contribution >= 4 is 46.1 Å². The van der Waals surface area contributed by atoms with Gasteiger partial charge in [0.15, 0.2) is 16.9 Å². The third-order valence-electron chi connectivity index (χ3n) is 4.42. The third-order valence-corrected chi connectivity index (χ3v) is 4.87. The number of fused-ring (bicyclic) bond motifs is 1. The van der Waals surface area contributed by atoms with E-state index in [2.05, 4.69) is 20.9 Å². The number of nitrogens with one attached hydrogen (secondary N) is 2. The molecular formula is C19H15ClN4O2S. The van der Waals surface area contributed by atoms with Gasteiger partial charge < -0.3 is 15.4 Å². The number of hydrogen-bond donors (Lipinski definition) is 2. The van der Waals surface area contributed by atoms with Crippen molar-refractivity contribution < 1.29 is 9.53 Å². The molecule has 0 radical (unpaired) electrons. The Kier molecular flexibility index (Phi) is 4.63. The van der Waals surface area contributed by atoms with E-state index in [9.17, 15) is 4.79 Å². The maximum absolute atomic E-state index is 12.9. The molecule has 0 bridgehead atoms. The number of nitrogens with zero attached hydrogens (tertiary/aromatic N) is 2. The Morgan fingerprint density at radius 1 is 1.19 bits per heavy atom. The van der Waals surface area contributed by atoms with Crippen LogP contribution in [0.4, 0.5) is 5.69 Å². The Bertz CT molecular complexity index is 988. The minimum atomic E-state index is -0.718. The van der Waals surface area contributed by atoms with Crippen LogP contribution in [0.2, 0.25) is 5.02 Å². The van der Waals surface area contributed by atoms with Gasteiger partial charge in [-0.1, -0.05) is 11.6 Å². The molecule has 0 saturated heterocycles. The average Bonchev–Trinajstić information content (AvgIpc) is 2.68. The van der Waals surface area contributed by atoms with Gasteiger partial charge in [0.1, 0.15) is 5.75 Å². The number of Topliss-reactive ketones (excluding diaryl/α,β-unsaturated/α-hetero) is 1. The summed E-state index contributed by atoms with van der Waals surface area (Å²) in [6, 6.07) is 11.4. The first-order valence-corrected chi connectivity index (χ1v) is 9.02. The second kappa shape index (κ2) is 7.09. The summed E-state index contributed by atoms with van der Waals surface area (Å²) in [5.41, 5.74) is 2.71. The van der Waals surface area contributed by atoms with E-state index in [0.717, 1.165) is 17.0 Å². The molecule has 0 aliphatic carbocycles. The lowest BCUT2D eigenvalue weighted by Gasteiger charge is -2.30. The number of thiocarbonyl (C=S) groups is 1. The van der Waals surface area contributed by atoms with E-state index in [-0.39, 0.29) is 5.78 Å². The third kappa shape index (κ3) is 3.43. The van der Waals surface area contributed by atoms with Crippen LogP contribution >= 0.6 is 23.8 Å². The van der Waals surface area contributed by atoms with Crippen molar-refractivity contribution in [3.8, 4) is 5.75 Å². The van der Waals surface area contributed by atoms with Crippen LogP contribution in [0.3, 0.4) is 0 Å². The second-order valence-electron chi connectivity index (χ2n) is 6.12. The fourth-order valence-electron chi connectivity index (χ4n) is 3.05. The average molecular weight is 399 g/mol. The van der Waals surface area contributed by atoms with E-state index in [0.29, 0.717) is 21.4 Å². The number of benzene rings is 2. The van der Waals surface area contributed by atoms with Crippen molar-refractivity contribution in [1.82, 2.24) is 10.6 Å². The maximum Gasteiger partial charge on any atom is 0.193 e. The van der Waals surface area contributed by atoms with Crippen LogP contribution in [0.5, 0.6) is 5.75 Å². The molecule has 0 aromatic heterocycles. The lowest BCUT2D eigenvalue weighted by atomic mass is 9.94. The van der Waals surface area contributed by atoms with Crippen LogP contribution in [0, 0.1) is 0 Å². The summed E-state index contributed by atoms with van der Waals surface area (Å²) < 4.78 is 5.19. The topological polar surface area (TPSA) is 75.1 Å². The highest BCUT2D eigenvalue weighted by atomic mass is 35.5. The molecule has 2 aliphatic heterocycles. The van der Waals surface area contributed by atoms with Gasteiger partial charge in [-0.3, -0.25) is 4.79 Å². The number of methoxy groups -OCH3 is 1. The Morgan fingerprint density at radius 3 is 2.70 bits per heavy atom. The zero-order valence-electron chi connectivity index (χ0n) is 14.3. The Morgan fingerprint density at radius 2 is 1.96 bits per heavy atom. The van der Waals surface area contributed by atoms with Gasteiger partial charge in [-0.05, 0) is 66.3 Å². The van der Waals surface area contributed by atoms with Crippen molar-refractivity contribution in [2.24, 2.45) is 10.2 Å². The smallest absolute Gasteiger partial charge is 0.193 e. The molecule has 2 unspecified atom stereocenters. The minimum absolute atomic E-state index is 0.143. The van der Waals surface area contributed by atoms with Crippen LogP contribution in [0.1, 0.15) is 15.9 Å². The molecule has 136 valence electrons. The molecule has 2 aromatic carbocycles. The lowest BCUT2D eigenvalue weighted by Crippen LogP contribution is -2.52. The monoisotopic (exact) mass is 398 g/mol. The van der Waals surface area contributed by atoms with Gasteiger partial charge in [0, 0.05) is 16.3 Å². The largest absolute Gasteiger partial charge is 0.497 e. The van der Waals surface area contributed by atoms with Crippen molar-refractivity contribution in [2.45, 2.75) is 12.1 Å². The van der Waals surface area contributed by atoms with Crippen LogP contribution in [0.25, 0.3) is 5.70 Å². The zero-order valence-corrected chi connectivity index (χ0v) is 15.8. The molecule has 27 heavy (non-hydrogen) atoms. The molecule has 6 nitrogen and oxygen atoms in total. The van der Waals surface area contributed by atoms with E-state index < -0.39 is 12.1 Å². The molecule has 0 saturated carbocycles. The van der Waals surface area contributed by atoms with Gasteiger partial charge in [0.25, 0.3) is 0 Å². The van der Waals surface area contributed by atoms with Gasteiger partial charge in [-0.25, -0.2) is 0 Å². The molecule has 4 rings (SSSR count). The molecule has 2 atom stereocenters. The highest BCUT2D eigenvalue weighted by molar-refractivity contribution is 7.80. The normalized spacial score (nSPS) is 21.0. The SMILES string of the molecule is COc1ccc(C2=CC(C3N=Nc4ccc(Cl)cc4C3=O)NC(=S)N2)cc1. The van der Waals surface area contributed by atoms with Crippen LogP contribution in [0.15, 0.2) is 58.8 Å². The number of azo groups is 1. The molecule has 0 fully saturated rings. The fraction of sp³-hybridized carbons (Fsp3) is 0.158. The summed E-state index contributed by atoms with van der Waals surface area (Å²) >= 11 is 11.4. The van der Waals surface area contributed by atoms with E-state index in [4.69, 9.17) is 28.6 Å². The molecular weight excluding hydrogens is 384 g/mol. The van der Waals surface area contributed by atoms with Crippen LogP contribution in [-0.2, 0) is 0 Å². The Hall–Kier alpha value is -2.77. The van der Waals surface area contributed by atoms with Crippen LogP contribution in [-0.4, -0.2) is 30.1 Å². The van der Waals surface area contributed by atoms with E-state index in [1.54, 1.807) is 25.3 Å². The van der Waals surface area contributed by atoms with Crippen molar-refractivity contribution in [1.29, 1.82) is 0 Å². The number of carbonyl (C=O) groups excluding carboxylic acids is 1. The standard InChI is InChI=1S/C19H15ClN4O2S/c1-26-12-5-2-10(3-6-12)15-9-16(22-19(27)21-15)17-18(25)13-8-11(20)4-7-14(13)23-24-17/h2-9,16-17H,1H3,(H2,21,22,27). The molecule has 2 N–H and O–H groups in total. The molecule has 2 aliphatic rings. The van der Waals surface area contributed by atoms with Gasteiger partial charge in [-0.15, -0.1) is 0 Å². The van der Waals surface area contributed by atoms with Gasteiger partial charge >= 0.3 is 0 Å². The highest BCUT2D eigenvalue weighted by Crippen LogP contribution is 2.31. The quantitative estimate of drug-likeness (QED) is 0.767. The number of halogens is 1. The number of carbonyl (C=O) groups is 1. The summed E-state index contributed by atoms with van der Waals surface area (Å²) in [6.45, 7) is 0. The fourth-order valence-corrected chi connectivity index (χ4v) is 3.46. The van der Waals surface area contributed by atoms with E-state index in [1.165, 1.54) is 0 Å². The first-order chi connectivity index (χ1) is 13.0. The van der Waals surface area contributed by atoms with Crippen molar-refractivity contribution in [2.75, 3.05) is 7.11 Å². The predicted molar refractivity (Wildman–Crippen MR) is 108 cm³/mol. The van der Waals surface area contributed by atoms with Crippen LogP contribution < -0.4 is 15.4 Å². The molecule has 2 aromatic rings. The number of rotatable bonds is 3. The summed E-state index contributed by atoms with van der Waals surface area (Å²) in [5.74, 6) is 0.618. The summed E-state index contributed by atoms with van der Waals surface area (Å²) in [7, 11) is 1.62. The summed E-state index contributed by atoms with van der Waals surface area (Å²) in [5, 5.41) is 15.5. The number of hydrogen-bond acceptors (Lipinski definition) is 5. The lowest BCUT2D eigenvalue weighted by molar-refractivity contribution is 0.0947. The Balaban J connectivity index is 1.66. The first kappa shape index (κ1) is 17.6. The van der Waals surface area contributed by atoms with E-state index >= 15 is 0 Å². The Labute approximate surface area is 166 Å². The van der Waals surface area contributed by atoms with Crippen molar-refractivity contribution in [3.05, 3.63) is 64.7 Å². The summed E-state index contributed by atoms with van der Waals surface area (Å²) in [4.78, 5) is 12.9. The summed E-state index contributed by atoms with van der Waals surface area (Å²) in [6.07, 6.45) is 1.90. The van der Waals surface area contributed by atoms with Gasteiger partial charge in [0.2, 0.25) is 0 Å². The molecule has 0 amide bonds. The zero-order chi connectivity index (χ0) is 19.0.